The van der Waals surface area contributed by atoms with E-state index in [1.165, 1.54) is 5.01 Å². The third-order valence-electron chi connectivity index (χ3n) is 3.16. The highest BCUT2D eigenvalue weighted by atomic mass is 16.6. The second-order valence-electron chi connectivity index (χ2n) is 4.83. The molecule has 0 fully saturated rings. The SMILES string of the molecule is O=C(Oc1ccccc1)N(Nc1ccccc1)c1ccccc1. The van der Waals surface area contributed by atoms with E-state index in [1.54, 1.807) is 12.1 Å². The van der Waals surface area contributed by atoms with Crippen LogP contribution in [0.5, 0.6) is 5.75 Å². The van der Waals surface area contributed by atoms with E-state index in [4.69, 9.17) is 4.74 Å². The lowest BCUT2D eigenvalue weighted by molar-refractivity contribution is 0.209. The predicted octanol–water partition coefficient (Wildman–Crippen LogP) is 4.72. The van der Waals surface area contributed by atoms with E-state index in [-0.39, 0.29) is 0 Å². The third-order valence-corrected chi connectivity index (χ3v) is 3.16. The lowest BCUT2D eigenvalue weighted by Gasteiger charge is -2.23. The molecule has 4 heteroatoms. The average molecular weight is 304 g/mol. The number of amides is 1. The Morgan fingerprint density at radius 2 is 1.26 bits per heavy atom. The first-order valence-electron chi connectivity index (χ1n) is 7.27. The molecule has 3 aromatic rings. The summed E-state index contributed by atoms with van der Waals surface area (Å²) in [5.41, 5.74) is 4.56. The van der Waals surface area contributed by atoms with Gasteiger partial charge in [0.2, 0.25) is 0 Å². The first-order valence-corrected chi connectivity index (χ1v) is 7.27. The first kappa shape index (κ1) is 14.7. The largest absolute Gasteiger partial charge is 0.438 e. The zero-order chi connectivity index (χ0) is 15.9. The number of benzene rings is 3. The van der Waals surface area contributed by atoms with Crippen molar-refractivity contribution in [1.82, 2.24) is 0 Å². The molecule has 0 saturated heterocycles. The standard InChI is InChI=1S/C19H16N2O2/c22-19(23-18-14-8-3-9-15-18)21(17-12-6-2-7-13-17)20-16-10-4-1-5-11-16/h1-15,20H. The van der Waals surface area contributed by atoms with Crippen LogP contribution in [0.4, 0.5) is 16.2 Å². The van der Waals surface area contributed by atoms with Crippen LogP contribution in [0.25, 0.3) is 0 Å². The Kier molecular flexibility index (Phi) is 4.55. The number of hydrazine groups is 1. The van der Waals surface area contributed by atoms with Gasteiger partial charge in [-0.25, -0.2) is 4.79 Å². The average Bonchev–Trinajstić information content (AvgIpc) is 2.62. The van der Waals surface area contributed by atoms with E-state index in [9.17, 15) is 4.79 Å². The number of carbonyl (C=O) groups excluding carboxylic acids is 1. The van der Waals surface area contributed by atoms with Gasteiger partial charge in [0.05, 0.1) is 11.4 Å². The Labute approximate surface area is 134 Å². The number of nitrogens with one attached hydrogen (secondary N) is 1. The highest BCUT2D eigenvalue weighted by Crippen LogP contribution is 2.19. The monoisotopic (exact) mass is 304 g/mol. The summed E-state index contributed by atoms with van der Waals surface area (Å²) in [6.45, 7) is 0. The molecule has 4 nitrogen and oxygen atoms in total. The first-order chi connectivity index (χ1) is 11.3. The molecule has 1 N–H and O–H groups in total. The summed E-state index contributed by atoms with van der Waals surface area (Å²) in [5.74, 6) is 0.494. The molecule has 0 aliphatic carbocycles. The molecule has 3 aromatic carbocycles. The van der Waals surface area contributed by atoms with Gasteiger partial charge in [0.1, 0.15) is 5.75 Å². The zero-order valence-electron chi connectivity index (χ0n) is 12.4. The number of para-hydroxylation sites is 3. The summed E-state index contributed by atoms with van der Waals surface area (Å²) in [6.07, 6.45) is -0.508. The molecule has 1 amide bonds. The number of carbonyl (C=O) groups is 1. The zero-order valence-corrected chi connectivity index (χ0v) is 12.4. The Hall–Kier alpha value is -3.27. The van der Waals surface area contributed by atoms with E-state index in [0.717, 1.165) is 5.69 Å². The third kappa shape index (κ3) is 3.89. The highest BCUT2D eigenvalue weighted by Gasteiger charge is 2.18. The van der Waals surface area contributed by atoms with Crippen LogP contribution in [0.3, 0.4) is 0 Å². The number of hydrogen-bond donors (Lipinski definition) is 1. The van der Waals surface area contributed by atoms with Crippen LogP contribution < -0.4 is 15.2 Å². The molecule has 23 heavy (non-hydrogen) atoms. The Morgan fingerprint density at radius 3 is 1.87 bits per heavy atom. The smallest absolute Gasteiger partial charge is 0.409 e. The van der Waals surface area contributed by atoms with Gasteiger partial charge in [-0.3, -0.25) is 5.43 Å². The number of nitrogens with zero attached hydrogens (tertiary/aromatic N) is 1. The Bertz CT molecular complexity index is 746. The molecule has 0 aliphatic heterocycles. The van der Waals surface area contributed by atoms with Gasteiger partial charge in [0.15, 0.2) is 0 Å². The maximum Gasteiger partial charge on any atom is 0.438 e. The van der Waals surface area contributed by atoms with Crippen molar-refractivity contribution in [3.8, 4) is 5.75 Å². The second-order valence-corrected chi connectivity index (χ2v) is 4.83. The van der Waals surface area contributed by atoms with Crippen molar-refractivity contribution in [3.05, 3.63) is 91.0 Å². The number of rotatable bonds is 4. The van der Waals surface area contributed by atoms with Crippen molar-refractivity contribution in [2.75, 3.05) is 10.4 Å². The summed E-state index contributed by atoms with van der Waals surface area (Å²) in [6, 6.07) is 27.8. The molecule has 0 atom stereocenters. The van der Waals surface area contributed by atoms with Gasteiger partial charge >= 0.3 is 6.09 Å². The summed E-state index contributed by atoms with van der Waals surface area (Å²) in [5, 5.41) is 1.38. The molecule has 0 radical (unpaired) electrons. The van der Waals surface area contributed by atoms with Crippen LogP contribution in [-0.4, -0.2) is 6.09 Å². The molecule has 0 bridgehead atoms. The number of anilines is 2. The van der Waals surface area contributed by atoms with Gasteiger partial charge in [-0.2, -0.15) is 5.01 Å². The lowest BCUT2D eigenvalue weighted by Crippen LogP contribution is -2.38. The van der Waals surface area contributed by atoms with Gasteiger partial charge in [0.25, 0.3) is 0 Å². The number of hydrogen-bond acceptors (Lipinski definition) is 3. The second kappa shape index (κ2) is 7.13. The van der Waals surface area contributed by atoms with Crippen LogP contribution in [0.1, 0.15) is 0 Å². The van der Waals surface area contributed by atoms with Crippen LogP contribution in [-0.2, 0) is 0 Å². The quantitative estimate of drug-likeness (QED) is 0.709. The van der Waals surface area contributed by atoms with Crippen LogP contribution >= 0.6 is 0 Å². The molecule has 0 heterocycles. The minimum Gasteiger partial charge on any atom is -0.409 e. The summed E-state index contributed by atoms with van der Waals surface area (Å²) in [7, 11) is 0. The molecule has 0 spiro atoms. The van der Waals surface area contributed by atoms with Gasteiger partial charge in [-0.05, 0) is 36.4 Å². The summed E-state index contributed by atoms with van der Waals surface area (Å²) < 4.78 is 5.43. The van der Waals surface area contributed by atoms with E-state index < -0.39 is 6.09 Å². The summed E-state index contributed by atoms with van der Waals surface area (Å²) >= 11 is 0. The highest BCUT2D eigenvalue weighted by molar-refractivity contribution is 5.91. The van der Waals surface area contributed by atoms with Gasteiger partial charge in [-0.1, -0.05) is 54.6 Å². The van der Waals surface area contributed by atoms with Crippen molar-refractivity contribution in [3.63, 3.8) is 0 Å². The van der Waals surface area contributed by atoms with Crippen molar-refractivity contribution < 1.29 is 9.53 Å². The van der Waals surface area contributed by atoms with E-state index in [0.29, 0.717) is 11.4 Å². The predicted molar refractivity (Wildman–Crippen MR) is 91.5 cm³/mol. The molecule has 0 aromatic heterocycles. The maximum atomic E-state index is 12.6. The maximum absolute atomic E-state index is 12.6. The molecular formula is C19H16N2O2. The fourth-order valence-electron chi connectivity index (χ4n) is 2.07. The van der Waals surface area contributed by atoms with E-state index in [2.05, 4.69) is 5.43 Å². The normalized spacial score (nSPS) is 9.91. The van der Waals surface area contributed by atoms with Crippen LogP contribution in [0, 0.1) is 0 Å². The van der Waals surface area contributed by atoms with Gasteiger partial charge in [-0.15, -0.1) is 0 Å². The molecule has 0 aliphatic rings. The fraction of sp³-hybridized carbons (Fsp3) is 0. The molecule has 114 valence electrons. The molecule has 0 saturated carbocycles. The molecular weight excluding hydrogens is 288 g/mol. The van der Waals surface area contributed by atoms with Crippen molar-refractivity contribution in [1.29, 1.82) is 0 Å². The fourth-order valence-corrected chi connectivity index (χ4v) is 2.07. The van der Waals surface area contributed by atoms with Gasteiger partial charge in [0, 0.05) is 0 Å². The van der Waals surface area contributed by atoms with Gasteiger partial charge < -0.3 is 4.74 Å². The van der Waals surface area contributed by atoms with Crippen molar-refractivity contribution >= 4 is 17.5 Å². The minimum atomic E-state index is -0.508. The minimum absolute atomic E-state index is 0.494. The van der Waals surface area contributed by atoms with Crippen molar-refractivity contribution in [2.45, 2.75) is 0 Å². The Balaban J connectivity index is 1.84. The molecule has 0 unspecified atom stereocenters. The summed E-state index contributed by atoms with van der Waals surface area (Å²) in [4.78, 5) is 12.6. The van der Waals surface area contributed by atoms with Crippen LogP contribution in [0.15, 0.2) is 91.0 Å². The Morgan fingerprint density at radius 1 is 0.739 bits per heavy atom. The lowest BCUT2D eigenvalue weighted by atomic mass is 10.3. The van der Waals surface area contributed by atoms with Crippen LogP contribution in [0.2, 0.25) is 0 Å². The molecule has 3 rings (SSSR count). The number of ether oxygens (including phenoxy) is 1. The van der Waals surface area contributed by atoms with E-state index in [1.807, 2.05) is 78.9 Å². The van der Waals surface area contributed by atoms with E-state index >= 15 is 0 Å². The topological polar surface area (TPSA) is 41.6 Å². The van der Waals surface area contributed by atoms with Crippen molar-refractivity contribution in [2.24, 2.45) is 0 Å².